The van der Waals surface area contributed by atoms with Crippen molar-refractivity contribution in [1.29, 1.82) is 0 Å². The van der Waals surface area contributed by atoms with Crippen LogP contribution in [0.4, 0.5) is 0 Å². The molecule has 102 valence electrons. The Morgan fingerprint density at radius 3 is 1.83 bits per heavy atom. The summed E-state index contributed by atoms with van der Waals surface area (Å²) in [5, 5.41) is 3.70. The van der Waals surface area contributed by atoms with Crippen LogP contribution in [-0.2, 0) is 0 Å². The summed E-state index contributed by atoms with van der Waals surface area (Å²) in [5.74, 6) is 1.34. The lowest BCUT2D eigenvalue weighted by Crippen LogP contribution is -2.33. The lowest BCUT2D eigenvalue weighted by Gasteiger charge is -2.25. The van der Waals surface area contributed by atoms with Crippen LogP contribution in [0.3, 0.4) is 0 Å². The lowest BCUT2D eigenvalue weighted by molar-refractivity contribution is 0.360. The number of rotatable bonds is 6. The van der Waals surface area contributed by atoms with E-state index in [9.17, 15) is 0 Å². The minimum absolute atomic E-state index is 0.426. The highest BCUT2D eigenvalue weighted by Crippen LogP contribution is 2.20. The first-order valence-electron chi connectivity index (χ1n) is 7.31. The predicted octanol–water partition coefficient (Wildman–Crippen LogP) is 4.90. The van der Waals surface area contributed by atoms with E-state index < -0.39 is 0 Å². The largest absolute Gasteiger partial charge is 0.307 e. The number of hydrogen-bond acceptors (Lipinski definition) is 1. The fourth-order valence-corrected chi connectivity index (χ4v) is 2.18. The highest BCUT2D eigenvalue weighted by atomic mass is 14.9. The van der Waals surface area contributed by atoms with E-state index in [1.54, 1.807) is 0 Å². The lowest BCUT2D eigenvalue weighted by atomic mass is 9.97. The molecule has 0 aromatic heterocycles. The molecule has 0 aliphatic heterocycles. The van der Waals surface area contributed by atoms with Gasteiger partial charge in [0.1, 0.15) is 0 Å². The minimum Gasteiger partial charge on any atom is -0.307 e. The summed E-state index contributed by atoms with van der Waals surface area (Å²) < 4.78 is 0. The molecule has 0 heterocycles. The zero-order valence-electron chi connectivity index (χ0n) is 12.8. The molecular formula is C17H29N. The Morgan fingerprint density at radius 1 is 0.889 bits per heavy atom. The highest BCUT2D eigenvalue weighted by Gasteiger charge is 2.14. The molecule has 3 unspecified atom stereocenters. The van der Waals surface area contributed by atoms with Gasteiger partial charge in [0.05, 0.1) is 0 Å². The molecule has 3 atom stereocenters. The summed E-state index contributed by atoms with van der Waals surface area (Å²) in [5.41, 5.74) is 2.80. The first kappa shape index (κ1) is 15.2. The molecule has 0 fully saturated rings. The molecule has 0 spiro atoms. The average Bonchev–Trinajstić information content (AvgIpc) is 2.37. The van der Waals surface area contributed by atoms with Crippen LogP contribution in [-0.4, -0.2) is 6.04 Å². The molecule has 1 aromatic rings. The van der Waals surface area contributed by atoms with Crippen LogP contribution in [0, 0.1) is 5.92 Å². The summed E-state index contributed by atoms with van der Waals surface area (Å²) in [7, 11) is 0. The maximum Gasteiger partial charge on any atom is 0.0294 e. The monoisotopic (exact) mass is 247 g/mol. The van der Waals surface area contributed by atoms with Crippen molar-refractivity contribution < 1.29 is 0 Å². The van der Waals surface area contributed by atoms with E-state index in [0.717, 1.165) is 5.92 Å². The third-order valence-corrected chi connectivity index (χ3v) is 4.11. The zero-order chi connectivity index (χ0) is 13.7. The molecule has 18 heavy (non-hydrogen) atoms. The van der Waals surface area contributed by atoms with Crippen molar-refractivity contribution in [3.63, 3.8) is 0 Å². The van der Waals surface area contributed by atoms with E-state index in [4.69, 9.17) is 0 Å². The van der Waals surface area contributed by atoms with Crippen molar-refractivity contribution in [3.8, 4) is 0 Å². The summed E-state index contributed by atoms with van der Waals surface area (Å²) in [6.07, 6.45) is 1.23. The van der Waals surface area contributed by atoms with Crippen LogP contribution in [0.25, 0.3) is 0 Å². The first-order chi connectivity index (χ1) is 8.45. The maximum absolute atomic E-state index is 3.70. The molecule has 0 aliphatic rings. The maximum atomic E-state index is 3.70. The Bertz CT molecular complexity index is 339. The van der Waals surface area contributed by atoms with Crippen molar-refractivity contribution in [2.24, 2.45) is 5.92 Å². The standard InChI is InChI=1S/C17H29N/c1-7-13(4)14(5)18-15(6)17-10-8-16(9-11-17)12(2)3/h8-15,18H,7H2,1-6H3. The SMILES string of the molecule is CCC(C)C(C)NC(C)c1ccc(C(C)C)cc1. The van der Waals surface area contributed by atoms with Crippen LogP contribution in [0.15, 0.2) is 24.3 Å². The van der Waals surface area contributed by atoms with Gasteiger partial charge in [-0.1, -0.05) is 58.4 Å². The van der Waals surface area contributed by atoms with E-state index in [1.165, 1.54) is 17.5 Å². The Labute approximate surface area is 113 Å². The van der Waals surface area contributed by atoms with Gasteiger partial charge < -0.3 is 5.32 Å². The molecule has 0 aliphatic carbocycles. The second kappa shape index (κ2) is 6.94. The van der Waals surface area contributed by atoms with Crippen molar-refractivity contribution in [2.45, 2.75) is 66.0 Å². The molecule has 0 saturated carbocycles. The molecule has 0 amide bonds. The van der Waals surface area contributed by atoms with Gasteiger partial charge in [-0.25, -0.2) is 0 Å². The molecular weight excluding hydrogens is 218 g/mol. The quantitative estimate of drug-likeness (QED) is 0.754. The Kier molecular flexibility index (Phi) is 5.87. The zero-order valence-corrected chi connectivity index (χ0v) is 12.8. The molecule has 1 N–H and O–H groups in total. The molecule has 1 heteroatoms. The van der Waals surface area contributed by atoms with Crippen LogP contribution in [0.2, 0.25) is 0 Å². The van der Waals surface area contributed by atoms with E-state index >= 15 is 0 Å². The van der Waals surface area contributed by atoms with Crippen LogP contribution < -0.4 is 5.32 Å². The fourth-order valence-electron chi connectivity index (χ4n) is 2.18. The molecule has 1 aromatic carbocycles. The van der Waals surface area contributed by atoms with Crippen LogP contribution >= 0.6 is 0 Å². The Hall–Kier alpha value is -0.820. The fraction of sp³-hybridized carbons (Fsp3) is 0.647. The van der Waals surface area contributed by atoms with Gasteiger partial charge in [-0.15, -0.1) is 0 Å². The van der Waals surface area contributed by atoms with Crippen molar-refractivity contribution in [2.75, 3.05) is 0 Å². The normalized spacial score (nSPS) is 16.6. The van der Waals surface area contributed by atoms with Crippen LogP contribution in [0.5, 0.6) is 0 Å². The van der Waals surface area contributed by atoms with Gasteiger partial charge in [0.25, 0.3) is 0 Å². The summed E-state index contributed by atoms with van der Waals surface area (Å²) in [6.45, 7) is 13.6. The van der Waals surface area contributed by atoms with Crippen molar-refractivity contribution in [3.05, 3.63) is 35.4 Å². The van der Waals surface area contributed by atoms with Gasteiger partial charge >= 0.3 is 0 Å². The van der Waals surface area contributed by atoms with Crippen LogP contribution in [0.1, 0.15) is 71.0 Å². The predicted molar refractivity (Wildman–Crippen MR) is 81.0 cm³/mol. The number of nitrogens with one attached hydrogen (secondary N) is 1. The van der Waals surface area contributed by atoms with E-state index in [2.05, 4.69) is 71.1 Å². The van der Waals surface area contributed by atoms with Gasteiger partial charge in [-0.3, -0.25) is 0 Å². The van der Waals surface area contributed by atoms with Gasteiger partial charge in [-0.2, -0.15) is 0 Å². The van der Waals surface area contributed by atoms with E-state index in [1.807, 2.05) is 0 Å². The second-order valence-corrected chi connectivity index (χ2v) is 5.88. The summed E-state index contributed by atoms with van der Waals surface area (Å²) in [6, 6.07) is 10.0. The van der Waals surface area contributed by atoms with Crippen molar-refractivity contribution >= 4 is 0 Å². The number of hydrogen-bond donors (Lipinski definition) is 1. The molecule has 0 radical (unpaired) electrons. The van der Waals surface area contributed by atoms with Gasteiger partial charge in [0.2, 0.25) is 0 Å². The Balaban J connectivity index is 2.64. The molecule has 1 nitrogen and oxygen atoms in total. The second-order valence-electron chi connectivity index (χ2n) is 5.88. The highest BCUT2D eigenvalue weighted by molar-refractivity contribution is 5.26. The average molecular weight is 247 g/mol. The summed E-state index contributed by atoms with van der Waals surface area (Å²) in [4.78, 5) is 0. The minimum atomic E-state index is 0.426. The van der Waals surface area contributed by atoms with Gasteiger partial charge in [0, 0.05) is 12.1 Å². The van der Waals surface area contributed by atoms with E-state index in [-0.39, 0.29) is 0 Å². The molecule has 0 saturated heterocycles. The Morgan fingerprint density at radius 2 is 1.39 bits per heavy atom. The molecule has 1 rings (SSSR count). The summed E-state index contributed by atoms with van der Waals surface area (Å²) >= 11 is 0. The van der Waals surface area contributed by atoms with Crippen molar-refractivity contribution in [1.82, 2.24) is 5.32 Å². The van der Waals surface area contributed by atoms with E-state index in [0.29, 0.717) is 18.0 Å². The third kappa shape index (κ3) is 4.13. The van der Waals surface area contributed by atoms with Gasteiger partial charge in [0.15, 0.2) is 0 Å². The smallest absolute Gasteiger partial charge is 0.0294 e. The third-order valence-electron chi connectivity index (χ3n) is 4.11. The van der Waals surface area contributed by atoms with Gasteiger partial charge in [-0.05, 0) is 36.8 Å². The number of benzene rings is 1. The molecule has 0 bridgehead atoms. The topological polar surface area (TPSA) is 12.0 Å². The first-order valence-corrected chi connectivity index (χ1v) is 7.31.